The second-order valence-corrected chi connectivity index (χ2v) is 6.89. The second kappa shape index (κ2) is 10.1. The van der Waals surface area contributed by atoms with Gasteiger partial charge in [0.25, 0.3) is 0 Å². The van der Waals surface area contributed by atoms with Gasteiger partial charge in [0.2, 0.25) is 0 Å². The summed E-state index contributed by atoms with van der Waals surface area (Å²) in [6.07, 6.45) is -2.08. The molecule has 0 aliphatic heterocycles. The van der Waals surface area contributed by atoms with Gasteiger partial charge in [0, 0.05) is 13.2 Å². The lowest BCUT2D eigenvalue weighted by Gasteiger charge is -2.24. The lowest BCUT2D eigenvalue weighted by molar-refractivity contribution is -0.137. The van der Waals surface area contributed by atoms with Crippen LogP contribution < -0.4 is 14.4 Å². The van der Waals surface area contributed by atoms with Crippen molar-refractivity contribution in [2.45, 2.75) is 32.5 Å². The van der Waals surface area contributed by atoms with E-state index in [1.165, 1.54) is 11.9 Å². The first-order valence-corrected chi connectivity index (χ1v) is 9.96. The Balaban J connectivity index is 1.92. The topological polar surface area (TPSA) is 47.5 Å². The highest BCUT2D eigenvalue weighted by molar-refractivity contribution is 5.68. The van der Waals surface area contributed by atoms with Crippen LogP contribution in [0.1, 0.15) is 30.9 Å². The molecule has 0 aliphatic rings. The van der Waals surface area contributed by atoms with Crippen LogP contribution in [0.3, 0.4) is 0 Å². The van der Waals surface area contributed by atoms with E-state index in [1.54, 1.807) is 24.3 Å². The molecule has 3 aromatic rings. The summed E-state index contributed by atoms with van der Waals surface area (Å²) in [4.78, 5) is 9.20. The summed E-state index contributed by atoms with van der Waals surface area (Å²) >= 11 is 0. The SMILES string of the molecule is CCCCOc1ccccc1N(C)c1nc(OCc2ccccc2)ncc1C(F)(F)F. The van der Waals surface area contributed by atoms with Crippen LogP contribution in [0.15, 0.2) is 60.8 Å². The molecule has 0 saturated heterocycles. The van der Waals surface area contributed by atoms with Crippen molar-refractivity contribution in [1.82, 2.24) is 9.97 Å². The molecule has 31 heavy (non-hydrogen) atoms. The molecule has 0 spiro atoms. The maximum atomic E-state index is 13.7. The smallest absolute Gasteiger partial charge is 0.421 e. The van der Waals surface area contributed by atoms with Crippen molar-refractivity contribution < 1.29 is 22.6 Å². The highest BCUT2D eigenvalue weighted by Crippen LogP contribution is 2.40. The van der Waals surface area contributed by atoms with Crippen LogP contribution in [0, 0.1) is 0 Å². The van der Waals surface area contributed by atoms with Crippen molar-refractivity contribution >= 4 is 11.5 Å². The minimum atomic E-state index is -4.63. The van der Waals surface area contributed by atoms with E-state index in [0.29, 0.717) is 18.0 Å². The predicted molar refractivity (Wildman–Crippen MR) is 113 cm³/mol. The number of nitrogens with zero attached hydrogens (tertiary/aromatic N) is 3. The average molecular weight is 431 g/mol. The first kappa shape index (κ1) is 22.4. The van der Waals surface area contributed by atoms with Gasteiger partial charge in [-0.3, -0.25) is 0 Å². The Morgan fingerprint density at radius 2 is 1.68 bits per heavy atom. The van der Waals surface area contributed by atoms with E-state index in [4.69, 9.17) is 9.47 Å². The number of hydrogen-bond donors (Lipinski definition) is 0. The molecule has 0 amide bonds. The lowest BCUT2D eigenvalue weighted by atomic mass is 10.2. The quantitative estimate of drug-likeness (QED) is 0.388. The molecule has 8 heteroatoms. The van der Waals surface area contributed by atoms with Crippen molar-refractivity contribution in [3.63, 3.8) is 0 Å². The number of anilines is 2. The highest BCUT2D eigenvalue weighted by Gasteiger charge is 2.37. The number of halogens is 3. The molecule has 0 aliphatic carbocycles. The molecule has 1 heterocycles. The van der Waals surface area contributed by atoms with Gasteiger partial charge in [0.1, 0.15) is 17.9 Å². The van der Waals surface area contributed by atoms with Crippen LogP contribution >= 0.6 is 0 Å². The number of unbranched alkanes of at least 4 members (excludes halogenated alkanes) is 1. The summed E-state index contributed by atoms with van der Waals surface area (Å²) in [5, 5.41) is 0. The molecule has 2 aromatic carbocycles. The molecule has 0 atom stereocenters. The molecular formula is C23H24F3N3O2. The van der Waals surface area contributed by atoms with Gasteiger partial charge in [-0.15, -0.1) is 0 Å². The molecule has 0 bridgehead atoms. The van der Waals surface area contributed by atoms with Crippen molar-refractivity contribution in [3.8, 4) is 11.8 Å². The van der Waals surface area contributed by atoms with Gasteiger partial charge >= 0.3 is 12.2 Å². The van der Waals surface area contributed by atoms with Crippen LogP contribution in [0.2, 0.25) is 0 Å². The Morgan fingerprint density at radius 1 is 0.968 bits per heavy atom. The van der Waals surface area contributed by atoms with E-state index >= 15 is 0 Å². The number of para-hydroxylation sites is 2. The Hall–Kier alpha value is -3.29. The van der Waals surface area contributed by atoms with Gasteiger partial charge in [0.15, 0.2) is 5.82 Å². The van der Waals surface area contributed by atoms with Crippen molar-refractivity contribution in [2.75, 3.05) is 18.6 Å². The van der Waals surface area contributed by atoms with Crippen LogP contribution in [-0.2, 0) is 12.8 Å². The second-order valence-electron chi connectivity index (χ2n) is 6.89. The summed E-state index contributed by atoms with van der Waals surface area (Å²) in [5.74, 6) is 0.175. The monoisotopic (exact) mass is 431 g/mol. The van der Waals surface area contributed by atoms with Gasteiger partial charge in [-0.1, -0.05) is 55.8 Å². The maximum Gasteiger partial charge on any atom is 0.421 e. The zero-order chi connectivity index (χ0) is 22.3. The molecule has 5 nitrogen and oxygen atoms in total. The average Bonchev–Trinajstić information content (AvgIpc) is 2.77. The molecule has 3 rings (SSSR count). The summed E-state index contributed by atoms with van der Waals surface area (Å²) < 4.78 is 52.4. The van der Waals surface area contributed by atoms with E-state index in [1.807, 2.05) is 37.3 Å². The fraction of sp³-hybridized carbons (Fsp3) is 0.304. The normalized spacial score (nSPS) is 11.3. The number of ether oxygens (including phenoxy) is 2. The fourth-order valence-electron chi connectivity index (χ4n) is 2.90. The molecule has 0 fully saturated rings. The zero-order valence-corrected chi connectivity index (χ0v) is 17.4. The molecule has 0 N–H and O–H groups in total. The lowest BCUT2D eigenvalue weighted by Crippen LogP contribution is -2.20. The number of aromatic nitrogens is 2. The van der Waals surface area contributed by atoms with Gasteiger partial charge in [-0.05, 0) is 24.1 Å². The Labute approximate surface area is 179 Å². The van der Waals surface area contributed by atoms with Gasteiger partial charge < -0.3 is 14.4 Å². The van der Waals surface area contributed by atoms with Crippen molar-refractivity contribution in [3.05, 3.63) is 71.9 Å². The Kier molecular flexibility index (Phi) is 7.33. The molecule has 1 aromatic heterocycles. The van der Waals surface area contributed by atoms with Crippen LogP contribution in [0.4, 0.5) is 24.7 Å². The third-order valence-electron chi connectivity index (χ3n) is 4.56. The van der Waals surface area contributed by atoms with Crippen LogP contribution in [-0.4, -0.2) is 23.6 Å². The number of benzene rings is 2. The number of alkyl halides is 3. The minimum absolute atomic E-state index is 0.136. The summed E-state index contributed by atoms with van der Waals surface area (Å²) in [6, 6.07) is 16.0. The van der Waals surface area contributed by atoms with Crippen LogP contribution in [0.5, 0.6) is 11.8 Å². The van der Waals surface area contributed by atoms with Gasteiger partial charge in [-0.2, -0.15) is 18.2 Å². The zero-order valence-electron chi connectivity index (χ0n) is 17.4. The molecular weight excluding hydrogens is 407 g/mol. The molecule has 0 radical (unpaired) electrons. The summed E-state index contributed by atoms with van der Waals surface area (Å²) in [5.41, 5.74) is 0.373. The fourth-order valence-corrected chi connectivity index (χ4v) is 2.90. The minimum Gasteiger partial charge on any atom is -0.491 e. The standard InChI is InChI=1S/C23H24F3N3O2/c1-3-4-14-30-20-13-9-8-12-19(20)29(2)21-18(23(24,25)26)15-27-22(28-21)31-16-17-10-6-5-7-11-17/h5-13,15H,3-4,14,16H2,1-2H3. The number of hydrogen-bond acceptors (Lipinski definition) is 5. The molecule has 0 unspecified atom stereocenters. The van der Waals surface area contributed by atoms with E-state index in [0.717, 1.165) is 24.6 Å². The summed E-state index contributed by atoms with van der Waals surface area (Å²) in [7, 11) is 1.51. The number of rotatable bonds is 9. The first-order chi connectivity index (χ1) is 14.9. The first-order valence-electron chi connectivity index (χ1n) is 9.96. The van der Waals surface area contributed by atoms with Crippen molar-refractivity contribution in [2.24, 2.45) is 0 Å². The predicted octanol–water partition coefficient (Wildman–Crippen LogP) is 6.02. The van der Waals surface area contributed by atoms with E-state index < -0.39 is 11.7 Å². The van der Waals surface area contributed by atoms with Gasteiger partial charge in [0.05, 0.1) is 12.3 Å². The third kappa shape index (κ3) is 5.87. The molecule has 164 valence electrons. The maximum absolute atomic E-state index is 13.7. The third-order valence-corrected chi connectivity index (χ3v) is 4.56. The summed E-state index contributed by atoms with van der Waals surface area (Å²) in [6.45, 7) is 2.66. The highest BCUT2D eigenvalue weighted by atomic mass is 19.4. The molecule has 0 saturated carbocycles. The van der Waals surface area contributed by atoms with E-state index in [9.17, 15) is 13.2 Å². The van der Waals surface area contributed by atoms with E-state index in [2.05, 4.69) is 9.97 Å². The Morgan fingerprint density at radius 3 is 2.39 bits per heavy atom. The van der Waals surface area contributed by atoms with Crippen LogP contribution in [0.25, 0.3) is 0 Å². The van der Waals surface area contributed by atoms with Crippen molar-refractivity contribution in [1.29, 1.82) is 0 Å². The largest absolute Gasteiger partial charge is 0.491 e. The van der Waals surface area contributed by atoms with Gasteiger partial charge in [-0.25, -0.2) is 4.98 Å². The van der Waals surface area contributed by atoms with E-state index in [-0.39, 0.29) is 18.4 Å². The Bertz CT molecular complexity index is 981.